The van der Waals surface area contributed by atoms with Gasteiger partial charge in [0.05, 0.1) is 6.61 Å². The molecular weight excluding hydrogens is 294 g/mol. The third-order valence-corrected chi connectivity index (χ3v) is 3.86. The van der Waals surface area contributed by atoms with E-state index >= 15 is 0 Å². The Hall–Kier alpha value is -1.56. The van der Waals surface area contributed by atoms with Crippen LogP contribution < -0.4 is 0 Å². The second-order valence-corrected chi connectivity index (χ2v) is 5.35. The van der Waals surface area contributed by atoms with Crippen molar-refractivity contribution in [2.45, 2.75) is 32.7 Å². The van der Waals surface area contributed by atoms with Gasteiger partial charge in [0.2, 0.25) is 5.91 Å². The number of ether oxygens (including phenoxy) is 1. The van der Waals surface area contributed by atoms with Gasteiger partial charge in [0, 0.05) is 50.1 Å². The number of esters is 1. The number of hydrogen-bond acceptors (Lipinski definition) is 4. The summed E-state index contributed by atoms with van der Waals surface area (Å²) in [6.45, 7) is 3.13. The smallest absolute Gasteiger partial charge is 0.359 e. The highest BCUT2D eigenvalue weighted by Crippen LogP contribution is 2.23. The van der Waals surface area contributed by atoms with E-state index in [1.807, 2.05) is 7.05 Å². The molecule has 1 amide bonds. The molecule has 0 unspecified atom stereocenters. The van der Waals surface area contributed by atoms with E-state index in [1.165, 1.54) is 0 Å². The molecular formula is C14H20ClN3O3. The predicted molar refractivity (Wildman–Crippen MR) is 78.2 cm³/mol. The van der Waals surface area contributed by atoms with Gasteiger partial charge in [-0.1, -0.05) is 0 Å². The van der Waals surface area contributed by atoms with Gasteiger partial charge in [0.1, 0.15) is 0 Å². The Labute approximate surface area is 129 Å². The van der Waals surface area contributed by atoms with Gasteiger partial charge >= 0.3 is 5.97 Å². The molecule has 0 saturated heterocycles. The molecule has 6 nitrogen and oxygen atoms in total. The molecule has 1 aliphatic heterocycles. The van der Waals surface area contributed by atoms with E-state index in [2.05, 4.69) is 5.10 Å². The maximum Gasteiger partial charge on any atom is 0.359 e. The second kappa shape index (κ2) is 6.93. The van der Waals surface area contributed by atoms with Crippen molar-refractivity contribution in [3.05, 3.63) is 17.0 Å². The molecule has 1 aromatic heterocycles. The maximum absolute atomic E-state index is 12.1. The van der Waals surface area contributed by atoms with Crippen LogP contribution in [0.25, 0.3) is 0 Å². The van der Waals surface area contributed by atoms with E-state index in [-0.39, 0.29) is 5.91 Å². The summed E-state index contributed by atoms with van der Waals surface area (Å²) in [6.07, 6.45) is 1.81. The van der Waals surface area contributed by atoms with Crippen LogP contribution in [0.5, 0.6) is 0 Å². The molecule has 0 atom stereocenters. The first-order valence-electron chi connectivity index (χ1n) is 7.14. The van der Waals surface area contributed by atoms with Crippen LogP contribution >= 0.6 is 11.6 Å². The summed E-state index contributed by atoms with van der Waals surface area (Å²) in [6, 6.07) is 0. The first-order chi connectivity index (χ1) is 10.1. The fourth-order valence-electron chi connectivity index (χ4n) is 2.54. The molecule has 0 aliphatic carbocycles. The number of aryl methyl sites for hydroxylation is 1. The fraction of sp³-hybridized carbons (Fsp3) is 0.643. The lowest BCUT2D eigenvalue weighted by Crippen LogP contribution is -2.36. The normalized spacial score (nSPS) is 14.0. The maximum atomic E-state index is 12.1. The minimum Gasteiger partial charge on any atom is -0.461 e. The van der Waals surface area contributed by atoms with Crippen LogP contribution in [0.3, 0.4) is 0 Å². The molecule has 1 aromatic rings. The van der Waals surface area contributed by atoms with Crippen molar-refractivity contribution in [2.24, 2.45) is 7.05 Å². The minimum atomic E-state index is -0.426. The number of carbonyl (C=O) groups is 2. The van der Waals surface area contributed by atoms with Crippen molar-refractivity contribution < 1.29 is 14.3 Å². The molecule has 7 heteroatoms. The van der Waals surface area contributed by atoms with E-state index < -0.39 is 5.97 Å². The highest BCUT2D eigenvalue weighted by atomic mass is 35.5. The lowest BCUT2D eigenvalue weighted by molar-refractivity contribution is -0.132. The van der Waals surface area contributed by atoms with Gasteiger partial charge < -0.3 is 9.64 Å². The van der Waals surface area contributed by atoms with Crippen LogP contribution in [0, 0.1) is 0 Å². The van der Waals surface area contributed by atoms with Crippen LogP contribution in [0.2, 0.25) is 0 Å². The van der Waals surface area contributed by atoms with Gasteiger partial charge in [0.15, 0.2) is 5.69 Å². The summed E-state index contributed by atoms with van der Waals surface area (Å²) < 4.78 is 6.74. The molecule has 0 spiro atoms. The Bertz CT molecular complexity index is 542. The molecule has 0 bridgehead atoms. The Balaban J connectivity index is 2.18. The Morgan fingerprint density at radius 3 is 2.86 bits per heavy atom. The van der Waals surface area contributed by atoms with E-state index in [0.29, 0.717) is 50.5 Å². The lowest BCUT2D eigenvalue weighted by Gasteiger charge is -2.27. The van der Waals surface area contributed by atoms with Crippen molar-refractivity contribution in [3.8, 4) is 0 Å². The van der Waals surface area contributed by atoms with Crippen molar-refractivity contribution in [3.63, 3.8) is 0 Å². The van der Waals surface area contributed by atoms with Crippen molar-refractivity contribution in [2.75, 3.05) is 19.0 Å². The van der Waals surface area contributed by atoms with Crippen LogP contribution in [0.4, 0.5) is 0 Å². The van der Waals surface area contributed by atoms with Crippen molar-refractivity contribution in [1.82, 2.24) is 14.7 Å². The first kappa shape index (κ1) is 15.8. The summed E-state index contributed by atoms with van der Waals surface area (Å²) in [5.41, 5.74) is 2.13. The van der Waals surface area contributed by atoms with Crippen LogP contribution in [-0.2, 0) is 29.5 Å². The number of alkyl halides is 1. The highest BCUT2D eigenvalue weighted by molar-refractivity contribution is 6.17. The zero-order valence-electron chi connectivity index (χ0n) is 12.4. The first-order valence-corrected chi connectivity index (χ1v) is 7.67. The largest absolute Gasteiger partial charge is 0.461 e. The van der Waals surface area contributed by atoms with Gasteiger partial charge in [-0.15, -0.1) is 11.6 Å². The summed E-state index contributed by atoms with van der Waals surface area (Å²) in [5, 5.41) is 4.25. The van der Waals surface area contributed by atoms with Gasteiger partial charge in [-0.3, -0.25) is 9.48 Å². The number of fused-ring (bicyclic) bond motifs is 1. The van der Waals surface area contributed by atoms with Gasteiger partial charge in [-0.25, -0.2) is 4.79 Å². The Kier molecular flexibility index (Phi) is 5.22. The SMILES string of the molecule is CCOC(=O)c1nn(C)c2c1CN(C(=O)CCCCl)CC2. The summed E-state index contributed by atoms with van der Waals surface area (Å²) >= 11 is 5.63. The zero-order valence-corrected chi connectivity index (χ0v) is 13.2. The monoisotopic (exact) mass is 313 g/mol. The number of rotatable bonds is 5. The van der Waals surface area contributed by atoms with Crippen molar-refractivity contribution >= 4 is 23.5 Å². The minimum absolute atomic E-state index is 0.0694. The third kappa shape index (κ3) is 3.37. The highest BCUT2D eigenvalue weighted by Gasteiger charge is 2.29. The van der Waals surface area contributed by atoms with Gasteiger partial charge in [-0.05, 0) is 13.3 Å². The average molecular weight is 314 g/mol. The number of nitrogens with zero attached hydrogens (tertiary/aromatic N) is 3. The number of aromatic nitrogens is 2. The molecule has 1 aliphatic rings. The van der Waals surface area contributed by atoms with E-state index in [4.69, 9.17) is 16.3 Å². The zero-order chi connectivity index (χ0) is 15.4. The number of carbonyl (C=O) groups excluding carboxylic acids is 2. The number of amides is 1. The van der Waals surface area contributed by atoms with E-state index in [1.54, 1.807) is 16.5 Å². The van der Waals surface area contributed by atoms with E-state index in [0.717, 1.165) is 11.3 Å². The molecule has 116 valence electrons. The molecule has 0 radical (unpaired) electrons. The van der Waals surface area contributed by atoms with Gasteiger partial charge in [-0.2, -0.15) is 5.10 Å². The molecule has 0 aromatic carbocycles. The molecule has 2 rings (SSSR count). The van der Waals surface area contributed by atoms with Crippen LogP contribution in [-0.4, -0.2) is 45.6 Å². The molecule has 0 fully saturated rings. The van der Waals surface area contributed by atoms with Crippen molar-refractivity contribution in [1.29, 1.82) is 0 Å². The third-order valence-electron chi connectivity index (χ3n) is 3.59. The second-order valence-electron chi connectivity index (χ2n) is 4.98. The molecule has 21 heavy (non-hydrogen) atoms. The van der Waals surface area contributed by atoms with Crippen LogP contribution in [0.1, 0.15) is 41.5 Å². The fourth-order valence-corrected chi connectivity index (χ4v) is 2.68. The number of halogens is 1. The number of hydrogen-bond donors (Lipinski definition) is 0. The molecule has 2 heterocycles. The molecule has 0 N–H and O–H groups in total. The summed E-state index contributed by atoms with van der Waals surface area (Å²) in [5.74, 6) is 0.121. The topological polar surface area (TPSA) is 64.4 Å². The summed E-state index contributed by atoms with van der Waals surface area (Å²) in [4.78, 5) is 25.8. The predicted octanol–water partition coefficient (Wildman–Crippen LogP) is 1.50. The van der Waals surface area contributed by atoms with Gasteiger partial charge in [0.25, 0.3) is 0 Å². The Morgan fingerprint density at radius 1 is 1.43 bits per heavy atom. The average Bonchev–Trinajstić information content (AvgIpc) is 2.82. The lowest BCUT2D eigenvalue weighted by atomic mass is 10.0. The quantitative estimate of drug-likeness (QED) is 0.610. The standard InChI is InChI=1S/C14H20ClN3O3/c1-3-21-14(20)13-10-9-18(12(19)5-4-7-15)8-6-11(10)17(2)16-13/h3-9H2,1-2H3. The molecule has 0 saturated carbocycles. The Morgan fingerprint density at radius 2 is 2.19 bits per heavy atom. The van der Waals surface area contributed by atoms with Crippen LogP contribution in [0.15, 0.2) is 0 Å². The van der Waals surface area contributed by atoms with E-state index in [9.17, 15) is 9.59 Å². The summed E-state index contributed by atoms with van der Waals surface area (Å²) in [7, 11) is 1.81.